The van der Waals surface area contributed by atoms with Crippen LogP contribution in [0.3, 0.4) is 0 Å². The number of aromatic nitrogens is 2. The van der Waals surface area contributed by atoms with Crippen molar-refractivity contribution in [3.8, 4) is 0 Å². The van der Waals surface area contributed by atoms with Crippen molar-refractivity contribution < 1.29 is 9.90 Å². The van der Waals surface area contributed by atoms with Gasteiger partial charge < -0.3 is 5.11 Å². The molecule has 3 rings (SSSR count). The van der Waals surface area contributed by atoms with Gasteiger partial charge >= 0.3 is 5.97 Å². The van der Waals surface area contributed by atoms with Crippen LogP contribution in [0.5, 0.6) is 0 Å². The van der Waals surface area contributed by atoms with E-state index < -0.39 is 11.4 Å². The smallest absolute Gasteiger partial charge is 0.310 e. The van der Waals surface area contributed by atoms with Crippen LogP contribution < -0.4 is 0 Å². The summed E-state index contributed by atoms with van der Waals surface area (Å²) in [4.78, 5) is 13.6. The summed E-state index contributed by atoms with van der Waals surface area (Å²) in [5.41, 5.74) is 0.461. The molecular formula is C16H25N3O2. The lowest BCUT2D eigenvalue weighted by molar-refractivity contribution is -0.151. The van der Waals surface area contributed by atoms with Gasteiger partial charge in [-0.05, 0) is 45.2 Å². The Labute approximate surface area is 125 Å². The van der Waals surface area contributed by atoms with E-state index in [0.717, 1.165) is 31.6 Å². The fourth-order valence-electron chi connectivity index (χ4n) is 3.72. The summed E-state index contributed by atoms with van der Waals surface area (Å²) in [5, 5.41) is 14.1. The Bertz CT molecular complexity index is 507. The van der Waals surface area contributed by atoms with E-state index in [1.807, 2.05) is 6.92 Å². The van der Waals surface area contributed by atoms with Crippen molar-refractivity contribution in [3.63, 3.8) is 0 Å². The number of hydrogen-bond acceptors (Lipinski definition) is 3. The predicted molar refractivity (Wildman–Crippen MR) is 80.0 cm³/mol. The third-order valence-corrected chi connectivity index (χ3v) is 5.04. The fourth-order valence-corrected chi connectivity index (χ4v) is 3.72. The number of carboxylic acids is 1. The number of rotatable bonds is 4. The molecule has 1 unspecified atom stereocenters. The zero-order valence-corrected chi connectivity index (χ0v) is 12.8. The van der Waals surface area contributed by atoms with Crippen molar-refractivity contribution >= 4 is 5.97 Å². The number of nitrogens with zero attached hydrogens (tertiary/aromatic N) is 3. The zero-order chi connectivity index (χ0) is 14.9. The minimum atomic E-state index is -0.677. The molecule has 1 saturated heterocycles. The lowest BCUT2D eigenvalue weighted by atomic mass is 9.82. The van der Waals surface area contributed by atoms with Crippen LogP contribution in [0, 0.1) is 5.41 Å². The Hall–Kier alpha value is -1.36. The average molecular weight is 291 g/mol. The maximum Gasteiger partial charge on any atom is 0.310 e. The van der Waals surface area contributed by atoms with Gasteiger partial charge in [-0.2, -0.15) is 5.10 Å². The minimum Gasteiger partial charge on any atom is -0.481 e. The van der Waals surface area contributed by atoms with Crippen LogP contribution in [-0.2, 0) is 11.3 Å². The highest BCUT2D eigenvalue weighted by molar-refractivity contribution is 5.74. The lowest BCUT2D eigenvalue weighted by Gasteiger charge is -2.37. The second-order valence-electron chi connectivity index (χ2n) is 6.91. The van der Waals surface area contributed by atoms with Gasteiger partial charge in [0, 0.05) is 19.3 Å². The first kappa shape index (κ1) is 14.6. The third kappa shape index (κ3) is 3.12. The van der Waals surface area contributed by atoms with Gasteiger partial charge in [-0.3, -0.25) is 14.4 Å². The van der Waals surface area contributed by atoms with Crippen LogP contribution in [0.1, 0.15) is 57.2 Å². The molecule has 21 heavy (non-hydrogen) atoms. The molecule has 1 saturated carbocycles. The largest absolute Gasteiger partial charge is 0.481 e. The molecular weight excluding hydrogens is 266 g/mol. The minimum absolute atomic E-state index is 0.574. The fraction of sp³-hybridized carbons (Fsp3) is 0.750. The average Bonchev–Trinajstić information content (AvgIpc) is 3.08. The molecule has 1 aliphatic carbocycles. The van der Waals surface area contributed by atoms with E-state index in [4.69, 9.17) is 5.10 Å². The Balaban J connectivity index is 1.62. The summed E-state index contributed by atoms with van der Waals surface area (Å²) >= 11 is 0. The number of carbonyl (C=O) groups is 1. The van der Waals surface area contributed by atoms with E-state index in [9.17, 15) is 9.90 Å². The second kappa shape index (κ2) is 5.79. The molecule has 5 heteroatoms. The van der Waals surface area contributed by atoms with Crippen LogP contribution in [-0.4, -0.2) is 38.8 Å². The molecule has 0 radical (unpaired) electrons. The highest BCUT2D eigenvalue weighted by Crippen LogP contribution is 2.31. The maximum absolute atomic E-state index is 11.4. The first-order valence-corrected chi connectivity index (χ1v) is 8.07. The Kier molecular flexibility index (Phi) is 4.02. The standard InChI is InChI=1S/C16H25N3O2/c1-16(15(20)21)8-4-9-18(12-16)11-13-7-10-19(17-13)14-5-2-3-6-14/h7,10,14H,2-6,8-9,11-12H2,1H3,(H,20,21). The highest BCUT2D eigenvalue weighted by atomic mass is 16.4. The zero-order valence-electron chi connectivity index (χ0n) is 12.8. The summed E-state index contributed by atoms with van der Waals surface area (Å²) in [6, 6.07) is 2.66. The lowest BCUT2D eigenvalue weighted by Crippen LogP contribution is -2.45. The SMILES string of the molecule is CC1(C(=O)O)CCCN(Cc2ccn(C3CCCC3)n2)C1. The maximum atomic E-state index is 11.4. The molecule has 1 aliphatic heterocycles. The molecule has 116 valence electrons. The normalized spacial score (nSPS) is 28.0. The summed E-state index contributed by atoms with van der Waals surface area (Å²) in [7, 11) is 0. The summed E-state index contributed by atoms with van der Waals surface area (Å²) in [5.74, 6) is -0.677. The molecule has 2 fully saturated rings. The first-order valence-electron chi connectivity index (χ1n) is 8.07. The molecule has 1 N–H and O–H groups in total. The number of carboxylic acid groups (broad SMARTS) is 1. The van der Waals surface area contributed by atoms with Crippen molar-refractivity contribution in [2.45, 2.75) is 58.0 Å². The summed E-state index contributed by atoms with van der Waals surface area (Å²) < 4.78 is 2.11. The van der Waals surface area contributed by atoms with Gasteiger partial charge in [0.1, 0.15) is 0 Å². The molecule has 1 aromatic rings. The molecule has 1 atom stereocenters. The van der Waals surface area contributed by atoms with Gasteiger partial charge in [-0.15, -0.1) is 0 Å². The van der Waals surface area contributed by atoms with E-state index in [-0.39, 0.29) is 0 Å². The summed E-state index contributed by atoms with van der Waals surface area (Å²) in [6.45, 7) is 4.22. The molecule has 0 aromatic carbocycles. The van der Waals surface area contributed by atoms with Crippen LogP contribution >= 0.6 is 0 Å². The third-order valence-electron chi connectivity index (χ3n) is 5.04. The van der Waals surface area contributed by atoms with Gasteiger partial charge in [-0.25, -0.2) is 0 Å². The molecule has 1 aromatic heterocycles. The van der Waals surface area contributed by atoms with Gasteiger partial charge in [0.2, 0.25) is 0 Å². The summed E-state index contributed by atoms with van der Waals surface area (Å²) in [6.07, 6.45) is 8.91. The van der Waals surface area contributed by atoms with E-state index in [1.165, 1.54) is 25.7 Å². The quantitative estimate of drug-likeness (QED) is 0.926. The predicted octanol–water partition coefficient (Wildman–Crippen LogP) is 2.68. The number of hydrogen-bond donors (Lipinski definition) is 1. The number of aliphatic carboxylic acids is 1. The van der Waals surface area contributed by atoms with Crippen molar-refractivity contribution in [3.05, 3.63) is 18.0 Å². The van der Waals surface area contributed by atoms with Gasteiger partial charge in [-0.1, -0.05) is 12.8 Å². The monoisotopic (exact) mass is 291 g/mol. The Morgan fingerprint density at radius 1 is 1.43 bits per heavy atom. The topological polar surface area (TPSA) is 58.4 Å². The second-order valence-corrected chi connectivity index (χ2v) is 6.91. The van der Waals surface area contributed by atoms with Crippen LogP contribution in [0.15, 0.2) is 12.3 Å². The number of piperidine rings is 1. The van der Waals surface area contributed by atoms with Crippen LogP contribution in [0.25, 0.3) is 0 Å². The van der Waals surface area contributed by atoms with E-state index in [2.05, 4.69) is 21.8 Å². The number of likely N-dealkylation sites (tertiary alicyclic amines) is 1. The van der Waals surface area contributed by atoms with Crippen molar-refractivity contribution in [2.24, 2.45) is 5.41 Å². The Morgan fingerprint density at radius 3 is 2.90 bits per heavy atom. The molecule has 5 nitrogen and oxygen atoms in total. The Morgan fingerprint density at radius 2 is 2.19 bits per heavy atom. The van der Waals surface area contributed by atoms with Crippen LogP contribution in [0.2, 0.25) is 0 Å². The van der Waals surface area contributed by atoms with Gasteiger partial charge in [0.25, 0.3) is 0 Å². The first-order chi connectivity index (χ1) is 10.1. The van der Waals surface area contributed by atoms with Crippen molar-refractivity contribution in [1.82, 2.24) is 14.7 Å². The van der Waals surface area contributed by atoms with E-state index in [0.29, 0.717) is 12.6 Å². The van der Waals surface area contributed by atoms with E-state index in [1.54, 1.807) is 0 Å². The van der Waals surface area contributed by atoms with E-state index >= 15 is 0 Å². The molecule has 2 heterocycles. The van der Waals surface area contributed by atoms with Gasteiger partial charge in [0.15, 0.2) is 0 Å². The van der Waals surface area contributed by atoms with Gasteiger partial charge in [0.05, 0.1) is 17.2 Å². The van der Waals surface area contributed by atoms with Crippen molar-refractivity contribution in [2.75, 3.05) is 13.1 Å². The van der Waals surface area contributed by atoms with Crippen LogP contribution in [0.4, 0.5) is 0 Å². The highest BCUT2D eigenvalue weighted by Gasteiger charge is 2.37. The molecule has 2 aliphatic rings. The molecule has 0 amide bonds. The molecule has 0 bridgehead atoms. The molecule has 0 spiro atoms. The van der Waals surface area contributed by atoms with Crippen molar-refractivity contribution in [1.29, 1.82) is 0 Å².